The Balaban J connectivity index is 1.42. The van der Waals surface area contributed by atoms with Gasteiger partial charge in [0, 0.05) is 22.0 Å². The zero-order chi connectivity index (χ0) is 21.6. The lowest BCUT2D eigenvalue weighted by Gasteiger charge is -2.50. The molecule has 31 heavy (non-hydrogen) atoms. The smallest absolute Gasteiger partial charge is 0.325 e. The van der Waals surface area contributed by atoms with Gasteiger partial charge in [0.2, 0.25) is 0 Å². The maximum atomic E-state index is 13.1. The molecule has 2 aromatic carbocycles. The van der Waals surface area contributed by atoms with Gasteiger partial charge in [-0.25, -0.2) is 4.79 Å². The number of anilines is 1. The molecule has 3 amide bonds. The molecule has 158 valence electrons. The van der Waals surface area contributed by atoms with Crippen LogP contribution in [0.25, 0.3) is 0 Å². The molecule has 2 unspecified atom stereocenters. The Morgan fingerprint density at radius 2 is 2.13 bits per heavy atom. The minimum atomic E-state index is -0.878. The highest BCUT2D eigenvalue weighted by Gasteiger charge is 2.49. The Kier molecular flexibility index (Phi) is 4.74. The number of furan rings is 1. The van der Waals surface area contributed by atoms with Crippen LogP contribution >= 0.6 is 15.9 Å². The Morgan fingerprint density at radius 1 is 1.26 bits per heavy atom. The number of fused-ring (bicyclic) bond motifs is 4. The summed E-state index contributed by atoms with van der Waals surface area (Å²) < 4.78 is 12.5. The fourth-order valence-electron chi connectivity index (χ4n) is 4.21. The number of nitrogens with zero attached hydrogens (tertiary/aromatic N) is 1. The minimum absolute atomic E-state index is 0.144. The highest BCUT2D eigenvalue weighted by Crippen LogP contribution is 2.46. The summed E-state index contributed by atoms with van der Waals surface area (Å²) in [7, 11) is 0. The maximum absolute atomic E-state index is 13.1. The van der Waals surface area contributed by atoms with Crippen molar-refractivity contribution in [2.75, 3.05) is 4.90 Å². The van der Waals surface area contributed by atoms with Crippen LogP contribution < -0.4 is 20.3 Å². The minimum Gasteiger partial charge on any atom is -0.467 e. The molecule has 1 saturated heterocycles. The monoisotopic (exact) mass is 481 g/mol. The van der Waals surface area contributed by atoms with E-state index < -0.39 is 5.72 Å². The van der Waals surface area contributed by atoms with Gasteiger partial charge in [0.25, 0.3) is 5.91 Å². The van der Waals surface area contributed by atoms with Gasteiger partial charge in [-0.1, -0.05) is 22.0 Å². The topological polar surface area (TPSA) is 83.8 Å². The van der Waals surface area contributed by atoms with Crippen LogP contribution in [0.4, 0.5) is 10.5 Å². The molecule has 2 aliphatic heterocycles. The number of benzene rings is 2. The lowest BCUT2D eigenvalue weighted by molar-refractivity contribution is 0.0378. The molecule has 0 spiro atoms. The van der Waals surface area contributed by atoms with Crippen LogP contribution in [0.3, 0.4) is 0 Å². The molecule has 2 atom stereocenters. The van der Waals surface area contributed by atoms with Crippen molar-refractivity contribution in [2.24, 2.45) is 0 Å². The molecule has 7 nitrogen and oxygen atoms in total. The fourth-order valence-corrected chi connectivity index (χ4v) is 4.58. The second kappa shape index (κ2) is 7.46. The molecule has 5 rings (SSSR count). The predicted molar refractivity (Wildman–Crippen MR) is 118 cm³/mol. The molecule has 8 heteroatoms. The van der Waals surface area contributed by atoms with Crippen molar-refractivity contribution in [1.29, 1.82) is 0 Å². The summed E-state index contributed by atoms with van der Waals surface area (Å²) >= 11 is 3.48. The second-order valence-electron chi connectivity index (χ2n) is 7.81. The molecule has 3 heterocycles. The first kappa shape index (κ1) is 19.7. The summed E-state index contributed by atoms with van der Waals surface area (Å²) in [5.41, 5.74) is 1.11. The summed E-state index contributed by atoms with van der Waals surface area (Å²) in [6.45, 7) is 2.18. The van der Waals surface area contributed by atoms with Gasteiger partial charge in [-0.15, -0.1) is 0 Å². The summed E-state index contributed by atoms with van der Waals surface area (Å²) in [6.07, 6.45) is 2.14. The van der Waals surface area contributed by atoms with Gasteiger partial charge < -0.3 is 19.8 Å². The van der Waals surface area contributed by atoms with E-state index in [1.165, 1.54) is 0 Å². The van der Waals surface area contributed by atoms with Crippen LogP contribution in [0.2, 0.25) is 0 Å². The first-order valence-corrected chi connectivity index (χ1v) is 10.7. The van der Waals surface area contributed by atoms with Crippen LogP contribution in [-0.2, 0) is 6.54 Å². The van der Waals surface area contributed by atoms with Gasteiger partial charge in [-0.2, -0.15) is 0 Å². The Hall–Kier alpha value is -3.26. The van der Waals surface area contributed by atoms with E-state index in [1.54, 1.807) is 47.6 Å². The number of carbonyl (C=O) groups is 2. The summed E-state index contributed by atoms with van der Waals surface area (Å²) in [5, 5.41) is 5.90. The van der Waals surface area contributed by atoms with E-state index in [0.717, 1.165) is 15.8 Å². The summed E-state index contributed by atoms with van der Waals surface area (Å²) in [4.78, 5) is 27.3. The number of amides is 3. The third kappa shape index (κ3) is 3.57. The lowest BCUT2D eigenvalue weighted by Crippen LogP contribution is -2.65. The molecule has 2 bridgehead atoms. The van der Waals surface area contributed by atoms with Gasteiger partial charge in [0.1, 0.15) is 11.5 Å². The standard InChI is InChI=1S/C23H20BrN3O4/c1-23-12-19(18-11-15(24)7-8-20(18)31-23)26-22(29)27(23)16-5-2-4-14(10-16)21(28)25-13-17-6-3-9-30-17/h2-11,19H,12-13H2,1H3,(H,25,28)(H,26,29). The lowest BCUT2D eigenvalue weighted by atomic mass is 9.90. The highest BCUT2D eigenvalue weighted by atomic mass is 79.9. The highest BCUT2D eigenvalue weighted by molar-refractivity contribution is 9.10. The van der Waals surface area contributed by atoms with E-state index in [-0.39, 0.29) is 24.5 Å². The Bertz CT molecular complexity index is 1160. The van der Waals surface area contributed by atoms with Crippen molar-refractivity contribution in [2.45, 2.75) is 31.7 Å². The summed E-state index contributed by atoms with van der Waals surface area (Å²) in [5.74, 6) is 1.15. The number of hydrogen-bond donors (Lipinski definition) is 2. The zero-order valence-electron chi connectivity index (χ0n) is 16.7. The number of nitrogens with one attached hydrogen (secondary N) is 2. The van der Waals surface area contributed by atoms with E-state index in [2.05, 4.69) is 26.6 Å². The van der Waals surface area contributed by atoms with Gasteiger partial charge in [0.05, 0.1) is 24.5 Å². The van der Waals surface area contributed by atoms with Gasteiger partial charge in [-0.3, -0.25) is 9.69 Å². The number of ether oxygens (including phenoxy) is 1. The van der Waals surface area contributed by atoms with Crippen molar-refractivity contribution < 1.29 is 18.7 Å². The number of hydrogen-bond acceptors (Lipinski definition) is 4. The number of rotatable bonds is 4. The number of halogens is 1. The molecule has 2 N–H and O–H groups in total. The van der Waals surface area contributed by atoms with Gasteiger partial charge in [0.15, 0.2) is 5.72 Å². The first-order valence-electron chi connectivity index (χ1n) is 9.93. The van der Waals surface area contributed by atoms with Crippen molar-refractivity contribution >= 4 is 33.6 Å². The van der Waals surface area contributed by atoms with Crippen molar-refractivity contribution in [3.8, 4) is 5.75 Å². The van der Waals surface area contributed by atoms with Crippen LogP contribution in [0.1, 0.15) is 41.1 Å². The molecular weight excluding hydrogens is 462 g/mol. The maximum Gasteiger partial charge on any atom is 0.325 e. The van der Waals surface area contributed by atoms with E-state index in [4.69, 9.17) is 9.15 Å². The molecular formula is C23H20BrN3O4. The zero-order valence-corrected chi connectivity index (χ0v) is 18.3. The third-order valence-electron chi connectivity index (χ3n) is 5.60. The first-order chi connectivity index (χ1) is 14.9. The van der Waals surface area contributed by atoms with E-state index >= 15 is 0 Å². The van der Waals surface area contributed by atoms with E-state index in [1.807, 2.05) is 25.1 Å². The van der Waals surface area contributed by atoms with Crippen LogP contribution in [0.5, 0.6) is 5.75 Å². The fraction of sp³-hybridized carbons (Fsp3) is 0.217. The molecule has 0 radical (unpaired) electrons. The largest absolute Gasteiger partial charge is 0.467 e. The molecule has 3 aromatic rings. The quantitative estimate of drug-likeness (QED) is 0.563. The van der Waals surface area contributed by atoms with Crippen LogP contribution in [-0.4, -0.2) is 17.7 Å². The molecule has 0 saturated carbocycles. The van der Waals surface area contributed by atoms with Crippen molar-refractivity contribution in [3.63, 3.8) is 0 Å². The molecule has 1 aromatic heterocycles. The SMILES string of the molecule is CC12CC(NC(=O)N1c1cccc(C(=O)NCc3ccco3)c1)c1cc(Br)ccc1O2. The molecule has 0 aliphatic carbocycles. The predicted octanol–water partition coefficient (Wildman–Crippen LogP) is 4.74. The average molecular weight is 482 g/mol. The number of carbonyl (C=O) groups excluding carboxylic acids is 2. The van der Waals surface area contributed by atoms with Crippen molar-refractivity contribution in [3.05, 3.63) is 82.2 Å². The van der Waals surface area contributed by atoms with Crippen LogP contribution in [0.15, 0.2) is 69.8 Å². The van der Waals surface area contributed by atoms with E-state index in [9.17, 15) is 9.59 Å². The molecule has 2 aliphatic rings. The number of urea groups is 1. The second-order valence-corrected chi connectivity index (χ2v) is 8.73. The third-order valence-corrected chi connectivity index (χ3v) is 6.10. The van der Waals surface area contributed by atoms with Gasteiger partial charge >= 0.3 is 6.03 Å². The Labute approximate surface area is 187 Å². The van der Waals surface area contributed by atoms with Gasteiger partial charge in [-0.05, 0) is 55.5 Å². The molecule has 1 fully saturated rings. The van der Waals surface area contributed by atoms with E-state index in [0.29, 0.717) is 23.4 Å². The Morgan fingerprint density at radius 3 is 2.94 bits per heavy atom. The summed E-state index contributed by atoms with van der Waals surface area (Å²) in [6, 6.07) is 15.9. The van der Waals surface area contributed by atoms with Crippen LogP contribution in [0, 0.1) is 0 Å². The normalized spacial score (nSPS) is 21.7. The van der Waals surface area contributed by atoms with Crippen molar-refractivity contribution in [1.82, 2.24) is 10.6 Å². The average Bonchev–Trinajstić information content (AvgIpc) is 3.26.